The van der Waals surface area contributed by atoms with E-state index >= 15 is 0 Å². The molecule has 0 bridgehead atoms. The Kier molecular flexibility index (Phi) is 5.14. The molecular weight excluding hydrogens is 317 g/mol. The van der Waals surface area contributed by atoms with E-state index in [0.717, 1.165) is 11.8 Å². The molecule has 0 spiro atoms. The van der Waals surface area contributed by atoms with E-state index in [2.05, 4.69) is 0 Å². The van der Waals surface area contributed by atoms with Crippen molar-refractivity contribution < 1.29 is 21.6 Å². The molecule has 1 aromatic carbocycles. The topological polar surface area (TPSA) is 40.6 Å². The van der Waals surface area contributed by atoms with Crippen LogP contribution in [-0.2, 0) is 16.4 Å². The second kappa shape index (κ2) is 6.55. The molecule has 4 nitrogen and oxygen atoms in total. The van der Waals surface area contributed by atoms with Crippen molar-refractivity contribution >= 4 is 9.84 Å². The molecule has 0 saturated carbocycles. The van der Waals surface area contributed by atoms with Gasteiger partial charge in [0.15, 0.2) is 9.84 Å². The lowest BCUT2D eigenvalue weighted by molar-refractivity contribution is -0.244. The largest absolute Gasteiger partial charge is 0.459 e. The van der Waals surface area contributed by atoms with Crippen LogP contribution in [-0.4, -0.2) is 57.0 Å². The van der Waals surface area contributed by atoms with Crippen LogP contribution >= 0.6 is 0 Å². The van der Waals surface area contributed by atoms with Crippen molar-refractivity contribution in [1.82, 2.24) is 9.80 Å². The summed E-state index contributed by atoms with van der Waals surface area (Å²) < 4.78 is 60.8. The number of rotatable bonds is 3. The molecule has 22 heavy (non-hydrogen) atoms. The third-order valence-corrected chi connectivity index (χ3v) is 4.83. The van der Waals surface area contributed by atoms with Gasteiger partial charge in [-0.15, -0.1) is 0 Å². The molecular formula is C14H19F3N2O2S. The molecule has 1 aromatic rings. The lowest BCUT2D eigenvalue weighted by atomic mass is 10.2. The number of hydrogen-bond donors (Lipinski definition) is 0. The van der Waals surface area contributed by atoms with E-state index in [1.165, 1.54) is 12.1 Å². The number of benzene rings is 1. The van der Waals surface area contributed by atoms with Crippen LogP contribution in [0.1, 0.15) is 12.0 Å². The molecule has 0 N–H and O–H groups in total. The summed E-state index contributed by atoms with van der Waals surface area (Å²) in [6, 6.07) is 6.49. The molecule has 1 heterocycles. The fourth-order valence-electron chi connectivity index (χ4n) is 2.48. The first-order valence-electron chi connectivity index (χ1n) is 6.99. The minimum atomic E-state index is -4.27. The summed E-state index contributed by atoms with van der Waals surface area (Å²) in [7, 11) is -3.23. The van der Waals surface area contributed by atoms with Crippen molar-refractivity contribution in [1.29, 1.82) is 0 Å². The molecule has 0 radical (unpaired) electrons. The second-order valence-corrected chi connectivity index (χ2v) is 7.52. The van der Waals surface area contributed by atoms with Crippen molar-refractivity contribution in [2.24, 2.45) is 0 Å². The van der Waals surface area contributed by atoms with Gasteiger partial charge in [-0.3, -0.25) is 4.90 Å². The smallest absolute Gasteiger partial charge is 0.298 e. The monoisotopic (exact) mass is 336 g/mol. The number of nitrogens with zero attached hydrogens (tertiary/aromatic N) is 2. The number of halogens is 3. The van der Waals surface area contributed by atoms with Gasteiger partial charge in [-0.2, -0.15) is 13.2 Å². The summed E-state index contributed by atoms with van der Waals surface area (Å²) in [4.78, 5) is 2.75. The Morgan fingerprint density at radius 1 is 1.05 bits per heavy atom. The van der Waals surface area contributed by atoms with Crippen molar-refractivity contribution in [2.45, 2.75) is 24.2 Å². The maximum atomic E-state index is 12.7. The Bertz CT molecular complexity index is 600. The average Bonchev–Trinajstić information content (AvgIpc) is 2.63. The Hall–Kier alpha value is -1.12. The van der Waals surface area contributed by atoms with E-state index < -0.39 is 16.1 Å². The van der Waals surface area contributed by atoms with Gasteiger partial charge in [-0.05, 0) is 30.7 Å². The molecule has 1 saturated heterocycles. The van der Waals surface area contributed by atoms with Gasteiger partial charge in [0.1, 0.15) is 0 Å². The highest BCUT2D eigenvalue weighted by Crippen LogP contribution is 2.23. The molecule has 0 aliphatic carbocycles. The predicted molar refractivity (Wildman–Crippen MR) is 77.1 cm³/mol. The van der Waals surface area contributed by atoms with E-state index in [9.17, 15) is 21.6 Å². The Morgan fingerprint density at radius 2 is 1.68 bits per heavy atom. The zero-order chi connectivity index (χ0) is 16.4. The molecule has 0 amide bonds. The molecule has 0 atom stereocenters. The fourth-order valence-corrected chi connectivity index (χ4v) is 3.11. The van der Waals surface area contributed by atoms with Crippen LogP contribution in [0.15, 0.2) is 29.2 Å². The van der Waals surface area contributed by atoms with Gasteiger partial charge in [0.05, 0.1) is 4.90 Å². The standard InChI is InChI=1S/C14H19F3N2O2S/c1-22(20,21)13-5-3-12(4-6-13)11-18-7-2-8-19(10-9-18)14(15,16)17/h3-6H,2,7-11H2,1H3. The minimum Gasteiger partial charge on any atom is -0.298 e. The molecule has 1 aliphatic heterocycles. The molecule has 2 rings (SSSR count). The first kappa shape index (κ1) is 17.2. The summed E-state index contributed by atoms with van der Waals surface area (Å²) in [6.45, 7) is 1.45. The normalized spacial score (nSPS) is 19.1. The van der Waals surface area contributed by atoms with Gasteiger partial charge in [0.2, 0.25) is 0 Å². The summed E-state index contributed by atoms with van der Waals surface area (Å²) in [5.41, 5.74) is 0.896. The van der Waals surface area contributed by atoms with Crippen LogP contribution < -0.4 is 0 Å². The maximum Gasteiger partial charge on any atom is 0.459 e. The minimum absolute atomic E-state index is 0.0208. The van der Waals surface area contributed by atoms with E-state index in [1.807, 2.05) is 4.90 Å². The zero-order valence-corrected chi connectivity index (χ0v) is 13.1. The molecule has 1 fully saturated rings. The van der Waals surface area contributed by atoms with E-state index in [-0.39, 0.29) is 18.0 Å². The van der Waals surface area contributed by atoms with E-state index in [4.69, 9.17) is 0 Å². The number of alkyl halides is 3. The summed E-state index contributed by atoms with van der Waals surface area (Å²) in [5, 5.41) is 0. The average molecular weight is 336 g/mol. The molecule has 124 valence electrons. The second-order valence-electron chi connectivity index (χ2n) is 5.50. The van der Waals surface area contributed by atoms with Crippen LogP contribution in [0.5, 0.6) is 0 Å². The molecule has 0 aromatic heterocycles. The summed E-state index contributed by atoms with van der Waals surface area (Å²) >= 11 is 0. The highest BCUT2D eigenvalue weighted by atomic mass is 32.2. The van der Waals surface area contributed by atoms with Crippen molar-refractivity contribution in [2.75, 3.05) is 32.4 Å². The van der Waals surface area contributed by atoms with Gasteiger partial charge < -0.3 is 0 Å². The van der Waals surface area contributed by atoms with Crippen LogP contribution in [0.25, 0.3) is 0 Å². The number of sulfone groups is 1. The lowest BCUT2D eigenvalue weighted by Gasteiger charge is -2.23. The highest BCUT2D eigenvalue weighted by molar-refractivity contribution is 7.90. The van der Waals surface area contributed by atoms with Crippen molar-refractivity contribution in [3.05, 3.63) is 29.8 Å². The van der Waals surface area contributed by atoms with Crippen LogP contribution in [0.4, 0.5) is 13.2 Å². The maximum absolute atomic E-state index is 12.7. The lowest BCUT2D eigenvalue weighted by Crippen LogP contribution is -2.40. The zero-order valence-electron chi connectivity index (χ0n) is 12.3. The van der Waals surface area contributed by atoms with Gasteiger partial charge in [-0.25, -0.2) is 13.3 Å². The van der Waals surface area contributed by atoms with Gasteiger partial charge in [0.25, 0.3) is 0 Å². The first-order chi connectivity index (χ1) is 10.2. The summed E-state index contributed by atoms with van der Waals surface area (Å²) in [6.07, 6.45) is -2.67. The first-order valence-corrected chi connectivity index (χ1v) is 8.88. The third-order valence-electron chi connectivity index (χ3n) is 3.70. The van der Waals surface area contributed by atoms with Gasteiger partial charge >= 0.3 is 6.30 Å². The highest BCUT2D eigenvalue weighted by Gasteiger charge is 2.37. The van der Waals surface area contributed by atoms with Gasteiger partial charge in [0, 0.05) is 32.4 Å². The molecule has 8 heteroatoms. The Labute approximate surface area is 128 Å². The van der Waals surface area contributed by atoms with Crippen molar-refractivity contribution in [3.63, 3.8) is 0 Å². The van der Waals surface area contributed by atoms with Crippen LogP contribution in [0.2, 0.25) is 0 Å². The van der Waals surface area contributed by atoms with Crippen molar-refractivity contribution in [3.8, 4) is 0 Å². The Morgan fingerprint density at radius 3 is 2.23 bits per heavy atom. The van der Waals surface area contributed by atoms with Crippen LogP contribution in [0.3, 0.4) is 0 Å². The van der Waals surface area contributed by atoms with Gasteiger partial charge in [-0.1, -0.05) is 12.1 Å². The molecule has 0 unspecified atom stereocenters. The number of hydrogen-bond acceptors (Lipinski definition) is 4. The van der Waals surface area contributed by atoms with E-state index in [0.29, 0.717) is 31.0 Å². The van der Waals surface area contributed by atoms with Crippen LogP contribution in [0, 0.1) is 0 Å². The third kappa shape index (κ3) is 4.69. The SMILES string of the molecule is CS(=O)(=O)c1ccc(CN2CCCN(C(F)(F)F)CC2)cc1. The summed E-state index contributed by atoms with van der Waals surface area (Å²) in [5.74, 6) is 0. The molecule has 1 aliphatic rings. The predicted octanol–water partition coefficient (Wildman–Crippen LogP) is 2.12. The van der Waals surface area contributed by atoms with E-state index in [1.54, 1.807) is 12.1 Å². The quantitative estimate of drug-likeness (QED) is 0.793. The Balaban J connectivity index is 1.97. The fraction of sp³-hybridized carbons (Fsp3) is 0.571.